The molecule has 0 aliphatic heterocycles. The Labute approximate surface area is 213 Å². The van der Waals surface area contributed by atoms with E-state index in [4.69, 9.17) is 11.6 Å². The first-order valence-electron chi connectivity index (χ1n) is 11.3. The topological polar surface area (TPSA) is 49.9 Å². The van der Waals surface area contributed by atoms with Gasteiger partial charge in [-0.25, -0.2) is 8.42 Å². The number of benzene rings is 2. The van der Waals surface area contributed by atoms with Crippen LogP contribution in [0.4, 0.5) is 18.2 Å². The Hall–Kier alpha value is -2.01. The lowest BCUT2D eigenvalue weighted by molar-refractivity contribution is -0.274. The van der Waals surface area contributed by atoms with Crippen LogP contribution >= 0.6 is 22.9 Å². The number of anilines is 1. The van der Waals surface area contributed by atoms with Crippen LogP contribution in [-0.2, 0) is 16.6 Å². The summed E-state index contributed by atoms with van der Waals surface area (Å²) in [5, 5.41) is 1.48. The summed E-state index contributed by atoms with van der Waals surface area (Å²) in [6, 6.07) is 12.6. The van der Waals surface area contributed by atoms with Crippen LogP contribution in [-0.4, -0.2) is 45.1 Å². The molecule has 0 aliphatic rings. The highest BCUT2D eigenvalue weighted by molar-refractivity contribution is 7.93. The van der Waals surface area contributed by atoms with E-state index >= 15 is 0 Å². The Bertz CT molecular complexity index is 1210. The van der Waals surface area contributed by atoms with Gasteiger partial charge in [-0.15, -0.1) is 24.5 Å². The number of fused-ring (bicyclic) bond motifs is 1. The van der Waals surface area contributed by atoms with Crippen molar-refractivity contribution in [1.82, 2.24) is 4.90 Å². The van der Waals surface area contributed by atoms with Crippen molar-refractivity contribution in [2.24, 2.45) is 0 Å². The van der Waals surface area contributed by atoms with Gasteiger partial charge in [-0.1, -0.05) is 55.8 Å². The third-order valence-corrected chi connectivity index (χ3v) is 8.79. The zero-order valence-electron chi connectivity index (χ0n) is 19.5. The van der Waals surface area contributed by atoms with Gasteiger partial charge in [0.25, 0.3) is 0 Å². The first-order valence-corrected chi connectivity index (χ1v) is 14.1. The van der Waals surface area contributed by atoms with Gasteiger partial charge in [0.2, 0.25) is 10.0 Å². The molecule has 0 atom stereocenters. The van der Waals surface area contributed by atoms with Gasteiger partial charge in [0, 0.05) is 16.6 Å². The van der Waals surface area contributed by atoms with E-state index in [0.29, 0.717) is 22.1 Å². The minimum Gasteiger partial charge on any atom is -0.406 e. The van der Waals surface area contributed by atoms with E-state index in [9.17, 15) is 21.6 Å². The minimum absolute atomic E-state index is 0.0667. The summed E-state index contributed by atoms with van der Waals surface area (Å²) in [4.78, 5) is 2.12. The molecule has 3 aromatic rings. The SMILES string of the molecule is CCCN(CCC)CCS(=O)(=O)N(Cc1ccc(OC(F)(F)F)cc1)c1sc2ccccc2c1Cl. The van der Waals surface area contributed by atoms with Crippen LogP contribution in [0, 0.1) is 0 Å². The Kier molecular flexibility index (Phi) is 9.31. The maximum atomic E-state index is 13.6. The lowest BCUT2D eigenvalue weighted by Crippen LogP contribution is -2.38. The number of sulfonamides is 1. The Morgan fingerprint density at radius 1 is 0.971 bits per heavy atom. The quantitative estimate of drug-likeness (QED) is 0.247. The molecular weight excluding hydrogens is 521 g/mol. The normalized spacial score (nSPS) is 12.4. The molecular formula is C24H28ClF3N2O3S2. The summed E-state index contributed by atoms with van der Waals surface area (Å²) in [7, 11) is -3.81. The smallest absolute Gasteiger partial charge is 0.406 e. The molecule has 5 nitrogen and oxygen atoms in total. The molecule has 0 saturated heterocycles. The van der Waals surface area contributed by atoms with Crippen LogP contribution in [0.25, 0.3) is 10.1 Å². The van der Waals surface area contributed by atoms with Gasteiger partial charge in [0.1, 0.15) is 10.8 Å². The van der Waals surface area contributed by atoms with Crippen LogP contribution < -0.4 is 9.04 Å². The third-order valence-electron chi connectivity index (χ3n) is 5.31. The fraction of sp³-hybridized carbons (Fsp3) is 0.417. The maximum Gasteiger partial charge on any atom is 0.573 e. The van der Waals surface area contributed by atoms with E-state index in [2.05, 4.69) is 9.64 Å². The van der Waals surface area contributed by atoms with Crippen molar-refractivity contribution in [2.75, 3.05) is 29.7 Å². The molecule has 2 aromatic carbocycles. The number of hydrogen-bond donors (Lipinski definition) is 0. The van der Waals surface area contributed by atoms with Crippen LogP contribution in [0.2, 0.25) is 5.02 Å². The summed E-state index contributed by atoms with van der Waals surface area (Å²) < 4.78 is 70.8. The fourth-order valence-corrected chi connectivity index (χ4v) is 7.08. The molecule has 1 aromatic heterocycles. The first-order chi connectivity index (χ1) is 16.5. The number of alkyl halides is 3. The van der Waals surface area contributed by atoms with Crippen molar-refractivity contribution in [2.45, 2.75) is 39.6 Å². The van der Waals surface area contributed by atoms with Gasteiger partial charge in [-0.3, -0.25) is 4.31 Å². The van der Waals surface area contributed by atoms with Crippen LogP contribution in [0.3, 0.4) is 0 Å². The highest BCUT2D eigenvalue weighted by atomic mass is 35.5. The van der Waals surface area contributed by atoms with Crippen molar-refractivity contribution >= 4 is 48.0 Å². The first kappa shape index (κ1) is 27.6. The van der Waals surface area contributed by atoms with E-state index in [1.165, 1.54) is 39.9 Å². The predicted octanol–water partition coefficient (Wildman–Crippen LogP) is 6.91. The molecule has 0 amide bonds. The van der Waals surface area contributed by atoms with Gasteiger partial charge in [-0.2, -0.15) is 0 Å². The zero-order chi connectivity index (χ0) is 25.6. The average Bonchev–Trinajstić information content (AvgIpc) is 3.12. The molecule has 1 heterocycles. The van der Waals surface area contributed by atoms with E-state index in [-0.39, 0.29) is 18.0 Å². The molecule has 3 rings (SSSR count). The summed E-state index contributed by atoms with van der Waals surface area (Å²) in [6.45, 7) is 6.00. The van der Waals surface area contributed by atoms with Crippen molar-refractivity contribution in [3.05, 3.63) is 59.1 Å². The van der Waals surface area contributed by atoms with Gasteiger partial charge in [-0.05, 0) is 49.7 Å². The Balaban J connectivity index is 1.93. The van der Waals surface area contributed by atoms with Gasteiger partial charge >= 0.3 is 6.36 Å². The second-order valence-electron chi connectivity index (χ2n) is 8.07. The number of ether oxygens (including phenoxy) is 1. The summed E-state index contributed by atoms with van der Waals surface area (Å²) >= 11 is 7.90. The second-order valence-corrected chi connectivity index (χ2v) is 11.5. The maximum absolute atomic E-state index is 13.6. The lowest BCUT2D eigenvalue weighted by atomic mass is 10.2. The molecule has 35 heavy (non-hydrogen) atoms. The van der Waals surface area contributed by atoms with E-state index in [1.54, 1.807) is 0 Å². The Morgan fingerprint density at radius 3 is 2.17 bits per heavy atom. The molecule has 11 heteroatoms. The average molecular weight is 549 g/mol. The predicted molar refractivity (Wildman–Crippen MR) is 137 cm³/mol. The third kappa shape index (κ3) is 7.49. The minimum atomic E-state index is -4.80. The molecule has 0 fully saturated rings. The van der Waals surface area contributed by atoms with Crippen molar-refractivity contribution in [1.29, 1.82) is 0 Å². The molecule has 0 unspecified atom stereocenters. The van der Waals surface area contributed by atoms with E-state index < -0.39 is 16.4 Å². The molecule has 192 valence electrons. The number of hydrogen-bond acceptors (Lipinski definition) is 5. The van der Waals surface area contributed by atoms with Gasteiger partial charge < -0.3 is 9.64 Å². The summed E-state index contributed by atoms with van der Waals surface area (Å²) in [5.74, 6) is -0.474. The largest absolute Gasteiger partial charge is 0.573 e. The van der Waals surface area contributed by atoms with Crippen LogP contribution in [0.1, 0.15) is 32.3 Å². The van der Waals surface area contributed by atoms with E-state index in [0.717, 1.165) is 36.0 Å². The van der Waals surface area contributed by atoms with Crippen LogP contribution in [0.15, 0.2) is 48.5 Å². The van der Waals surface area contributed by atoms with Crippen molar-refractivity contribution in [3.63, 3.8) is 0 Å². The highest BCUT2D eigenvalue weighted by Gasteiger charge is 2.31. The van der Waals surface area contributed by atoms with Gasteiger partial charge in [0.15, 0.2) is 0 Å². The summed E-state index contributed by atoms with van der Waals surface area (Å²) in [5.41, 5.74) is 0.510. The van der Waals surface area contributed by atoms with E-state index in [1.807, 2.05) is 38.1 Å². The monoisotopic (exact) mass is 548 g/mol. The lowest BCUT2D eigenvalue weighted by Gasteiger charge is -2.26. The molecule has 0 bridgehead atoms. The number of thiophene rings is 1. The van der Waals surface area contributed by atoms with Crippen LogP contribution in [0.5, 0.6) is 5.75 Å². The molecule has 0 aliphatic carbocycles. The molecule has 0 radical (unpaired) electrons. The molecule has 0 saturated carbocycles. The van der Waals surface area contributed by atoms with Crippen molar-refractivity contribution in [3.8, 4) is 5.75 Å². The zero-order valence-corrected chi connectivity index (χ0v) is 21.9. The second kappa shape index (κ2) is 11.8. The summed E-state index contributed by atoms with van der Waals surface area (Å²) in [6.07, 6.45) is -2.97. The van der Waals surface area contributed by atoms with Crippen molar-refractivity contribution < 1.29 is 26.3 Å². The number of halogens is 4. The standard InChI is InChI=1S/C24H28ClF3N2O3S2/c1-3-13-29(14-4-2)15-16-35(31,32)30(23-22(25)20-7-5-6-8-21(20)34-23)17-18-9-11-19(12-10-18)33-24(26,27)28/h5-12H,3-4,13-17H2,1-2H3. The highest BCUT2D eigenvalue weighted by Crippen LogP contribution is 2.43. The number of rotatable bonds is 12. The Morgan fingerprint density at radius 2 is 1.60 bits per heavy atom. The number of nitrogens with zero attached hydrogens (tertiary/aromatic N) is 2. The fourth-order valence-electron chi connectivity index (χ4n) is 3.74. The van der Waals surface area contributed by atoms with Gasteiger partial charge in [0.05, 0.1) is 17.3 Å². The molecule has 0 spiro atoms. The molecule has 0 N–H and O–H groups in total.